The molecule has 0 saturated carbocycles. The summed E-state index contributed by atoms with van der Waals surface area (Å²) in [5.74, 6) is 0. The van der Waals surface area contributed by atoms with Gasteiger partial charge >= 0.3 is 0 Å². The molecule has 0 aliphatic heterocycles. The molecule has 0 spiro atoms. The van der Waals surface area contributed by atoms with Crippen LogP contribution in [0.25, 0.3) is 11.3 Å². The van der Waals surface area contributed by atoms with Gasteiger partial charge in [0.2, 0.25) is 0 Å². The Balaban J connectivity index is 2.30. The number of rotatable bonds is 4. The molecule has 5 heteroatoms. The van der Waals surface area contributed by atoms with E-state index in [1.165, 1.54) is 16.4 Å². The SMILES string of the molecule is CCNCc1cc(-c2c(Cl)cccc2Cl)ns1. The highest BCUT2D eigenvalue weighted by molar-refractivity contribution is 7.06. The largest absolute Gasteiger partial charge is 0.312 e. The van der Waals surface area contributed by atoms with Crippen LogP contribution in [0.1, 0.15) is 11.8 Å². The van der Waals surface area contributed by atoms with Crippen LogP contribution in [0.2, 0.25) is 10.0 Å². The van der Waals surface area contributed by atoms with E-state index in [1.54, 1.807) is 0 Å². The lowest BCUT2D eigenvalue weighted by Gasteiger charge is -2.02. The maximum Gasteiger partial charge on any atom is 0.0874 e. The highest BCUT2D eigenvalue weighted by Crippen LogP contribution is 2.34. The fraction of sp³-hybridized carbons (Fsp3) is 0.250. The van der Waals surface area contributed by atoms with Crippen LogP contribution in [-0.2, 0) is 6.54 Å². The molecule has 1 aromatic heterocycles. The molecule has 0 saturated heterocycles. The van der Waals surface area contributed by atoms with Crippen LogP contribution in [0.4, 0.5) is 0 Å². The first-order chi connectivity index (χ1) is 8.22. The minimum atomic E-state index is 0.637. The third kappa shape index (κ3) is 2.99. The Kier molecular flexibility index (Phi) is 4.40. The first-order valence-corrected chi connectivity index (χ1v) is 6.86. The van der Waals surface area contributed by atoms with E-state index in [9.17, 15) is 0 Å². The van der Waals surface area contributed by atoms with E-state index in [2.05, 4.69) is 16.6 Å². The van der Waals surface area contributed by atoms with Crippen molar-refractivity contribution in [2.75, 3.05) is 6.54 Å². The summed E-state index contributed by atoms with van der Waals surface area (Å²) in [6.45, 7) is 3.85. The zero-order chi connectivity index (χ0) is 12.3. The molecular weight excluding hydrogens is 275 g/mol. The lowest BCUT2D eigenvalue weighted by atomic mass is 10.1. The molecule has 0 aliphatic carbocycles. The molecule has 0 unspecified atom stereocenters. The second-order valence-electron chi connectivity index (χ2n) is 3.56. The zero-order valence-corrected chi connectivity index (χ0v) is 11.7. The van der Waals surface area contributed by atoms with Crippen molar-refractivity contribution >= 4 is 34.7 Å². The number of halogens is 2. The smallest absolute Gasteiger partial charge is 0.0874 e. The van der Waals surface area contributed by atoms with Crippen LogP contribution in [0.3, 0.4) is 0 Å². The molecule has 0 bridgehead atoms. The van der Waals surface area contributed by atoms with Gasteiger partial charge in [-0.25, -0.2) is 0 Å². The first-order valence-electron chi connectivity index (χ1n) is 5.33. The number of nitrogens with one attached hydrogen (secondary N) is 1. The van der Waals surface area contributed by atoms with E-state index in [-0.39, 0.29) is 0 Å². The van der Waals surface area contributed by atoms with Crippen molar-refractivity contribution in [2.45, 2.75) is 13.5 Å². The first kappa shape index (κ1) is 12.8. The van der Waals surface area contributed by atoms with Crippen molar-refractivity contribution in [3.63, 3.8) is 0 Å². The Hall–Kier alpha value is -0.610. The van der Waals surface area contributed by atoms with E-state index < -0.39 is 0 Å². The fourth-order valence-electron chi connectivity index (χ4n) is 1.50. The van der Waals surface area contributed by atoms with Gasteiger partial charge in [-0.05, 0) is 36.3 Å². The van der Waals surface area contributed by atoms with E-state index in [0.717, 1.165) is 24.3 Å². The predicted molar refractivity (Wildman–Crippen MR) is 75.0 cm³/mol. The molecule has 0 radical (unpaired) electrons. The van der Waals surface area contributed by atoms with E-state index in [0.29, 0.717) is 10.0 Å². The summed E-state index contributed by atoms with van der Waals surface area (Å²) >= 11 is 13.8. The Bertz CT molecular complexity index is 491. The normalized spacial score (nSPS) is 10.8. The highest BCUT2D eigenvalue weighted by Gasteiger charge is 2.11. The van der Waals surface area contributed by atoms with Crippen LogP contribution < -0.4 is 5.32 Å². The molecule has 0 amide bonds. The van der Waals surface area contributed by atoms with Gasteiger partial charge < -0.3 is 5.32 Å². The van der Waals surface area contributed by atoms with E-state index >= 15 is 0 Å². The lowest BCUT2D eigenvalue weighted by molar-refractivity contribution is 0.735. The van der Waals surface area contributed by atoms with Crippen LogP contribution >= 0.6 is 34.7 Å². The van der Waals surface area contributed by atoms with Crippen LogP contribution in [0.15, 0.2) is 24.3 Å². The standard InChI is InChI=1S/C12H12Cl2N2S/c1-2-15-7-8-6-11(16-17-8)12-9(13)4-3-5-10(12)14/h3-6,15H,2,7H2,1H3. The van der Waals surface area contributed by atoms with Gasteiger partial charge in [0.05, 0.1) is 15.7 Å². The molecule has 90 valence electrons. The Morgan fingerprint density at radius 2 is 2.00 bits per heavy atom. The highest BCUT2D eigenvalue weighted by atomic mass is 35.5. The topological polar surface area (TPSA) is 24.9 Å². The van der Waals surface area contributed by atoms with Gasteiger partial charge in [-0.15, -0.1) is 0 Å². The summed E-state index contributed by atoms with van der Waals surface area (Å²) in [7, 11) is 0. The second kappa shape index (κ2) is 5.83. The second-order valence-corrected chi connectivity index (χ2v) is 5.26. The summed E-state index contributed by atoms with van der Waals surface area (Å²) in [6, 6.07) is 7.51. The number of nitrogens with zero attached hydrogens (tertiary/aromatic N) is 1. The van der Waals surface area contributed by atoms with Gasteiger partial charge in [-0.2, -0.15) is 4.37 Å². The molecule has 0 atom stereocenters. The maximum absolute atomic E-state index is 6.14. The molecule has 2 rings (SSSR count). The maximum atomic E-state index is 6.14. The zero-order valence-electron chi connectivity index (χ0n) is 9.34. The van der Waals surface area contributed by atoms with E-state index in [4.69, 9.17) is 23.2 Å². The fourth-order valence-corrected chi connectivity index (χ4v) is 2.79. The molecule has 1 heterocycles. The Morgan fingerprint density at radius 1 is 1.29 bits per heavy atom. The summed E-state index contributed by atoms with van der Waals surface area (Å²) in [5.41, 5.74) is 1.66. The van der Waals surface area contributed by atoms with Gasteiger partial charge in [-0.1, -0.05) is 36.2 Å². The predicted octanol–water partition coefficient (Wildman–Crippen LogP) is 4.23. The average Bonchev–Trinajstić information content (AvgIpc) is 2.75. The third-order valence-corrected chi connectivity index (χ3v) is 3.74. The summed E-state index contributed by atoms with van der Waals surface area (Å²) in [4.78, 5) is 1.18. The molecule has 17 heavy (non-hydrogen) atoms. The van der Waals surface area contributed by atoms with Gasteiger partial charge in [0.15, 0.2) is 0 Å². The molecule has 1 aromatic carbocycles. The van der Waals surface area contributed by atoms with Crippen molar-refractivity contribution in [1.82, 2.24) is 9.69 Å². The van der Waals surface area contributed by atoms with Crippen molar-refractivity contribution in [3.8, 4) is 11.3 Å². The third-order valence-electron chi connectivity index (χ3n) is 2.33. The van der Waals surface area contributed by atoms with Gasteiger partial charge in [0.25, 0.3) is 0 Å². The van der Waals surface area contributed by atoms with Crippen molar-refractivity contribution in [3.05, 3.63) is 39.2 Å². The monoisotopic (exact) mass is 286 g/mol. The van der Waals surface area contributed by atoms with Crippen LogP contribution in [0, 0.1) is 0 Å². The van der Waals surface area contributed by atoms with Gasteiger partial charge in [0, 0.05) is 17.0 Å². The summed E-state index contributed by atoms with van der Waals surface area (Å²) in [5, 5.41) is 4.54. The molecule has 0 aliphatic rings. The summed E-state index contributed by atoms with van der Waals surface area (Å²) < 4.78 is 4.39. The minimum Gasteiger partial charge on any atom is -0.312 e. The van der Waals surface area contributed by atoms with Crippen LogP contribution in [-0.4, -0.2) is 10.9 Å². The van der Waals surface area contributed by atoms with Gasteiger partial charge in [0.1, 0.15) is 0 Å². The molecule has 0 fully saturated rings. The quantitative estimate of drug-likeness (QED) is 0.910. The molecule has 2 aromatic rings. The number of benzene rings is 1. The minimum absolute atomic E-state index is 0.637. The van der Waals surface area contributed by atoms with Crippen molar-refractivity contribution < 1.29 is 0 Å². The van der Waals surface area contributed by atoms with Crippen molar-refractivity contribution in [1.29, 1.82) is 0 Å². The average molecular weight is 287 g/mol. The van der Waals surface area contributed by atoms with Crippen molar-refractivity contribution in [2.24, 2.45) is 0 Å². The van der Waals surface area contributed by atoms with Gasteiger partial charge in [-0.3, -0.25) is 0 Å². The number of hydrogen-bond donors (Lipinski definition) is 1. The number of aromatic nitrogens is 1. The Labute approximate surface area is 115 Å². The summed E-state index contributed by atoms with van der Waals surface area (Å²) in [6.07, 6.45) is 0. The lowest BCUT2D eigenvalue weighted by Crippen LogP contribution is -2.10. The van der Waals surface area contributed by atoms with Crippen LogP contribution in [0.5, 0.6) is 0 Å². The molecular formula is C12H12Cl2N2S. The van der Waals surface area contributed by atoms with E-state index in [1.807, 2.05) is 24.3 Å². The Morgan fingerprint density at radius 3 is 2.65 bits per heavy atom. The molecule has 1 N–H and O–H groups in total. The number of hydrogen-bond acceptors (Lipinski definition) is 3. The molecule has 2 nitrogen and oxygen atoms in total.